The van der Waals surface area contributed by atoms with Crippen LogP contribution in [-0.4, -0.2) is 12.3 Å². The maximum Gasteiger partial charge on any atom is 0.416 e. The van der Waals surface area contributed by atoms with Crippen LogP contribution in [0.25, 0.3) is 0 Å². The van der Waals surface area contributed by atoms with E-state index in [1.165, 1.54) is 48.5 Å². The molecule has 14 heteroatoms. The van der Waals surface area contributed by atoms with Crippen LogP contribution in [-0.2, 0) is 24.7 Å². The van der Waals surface area contributed by atoms with Crippen LogP contribution in [0.5, 0.6) is 0 Å². The van der Waals surface area contributed by atoms with Crippen molar-refractivity contribution in [1.82, 2.24) is 0 Å². The van der Waals surface area contributed by atoms with Gasteiger partial charge in [-0.25, -0.2) is 0 Å². The van der Waals surface area contributed by atoms with E-state index in [1.807, 2.05) is 0 Å². The van der Waals surface area contributed by atoms with Crippen LogP contribution in [0.2, 0.25) is 0 Å². The van der Waals surface area contributed by atoms with Gasteiger partial charge in [0.05, 0.1) is 22.3 Å². The molecule has 0 amide bonds. The van der Waals surface area contributed by atoms with Gasteiger partial charge in [0.15, 0.2) is 0 Å². The summed E-state index contributed by atoms with van der Waals surface area (Å²) in [6, 6.07) is 17.6. The Hall–Kier alpha value is -3.10. The van der Waals surface area contributed by atoms with E-state index in [2.05, 4.69) is 0 Å². The lowest BCUT2D eigenvalue weighted by Gasteiger charge is -2.22. The summed E-state index contributed by atoms with van der Waals surface area (Å²) >= 11 is 0. The number of rotatable bonds is 9. The van der Waals surface area contributed by atoms with Crippen LogP contribution < -0.4 is 21.2 Å². The van der Waals surface area contributed by atoms with Gasteiger partial charge in [-0.3, -0.25) is 0 Å². The summed E-state index contributed by atoms with van der Waals surface area (Å²) in [7, 11) is -2.80. The van der Waals surface area contributed by atoms with Crippen molar-refractivity contribution in [2.24, 2.45) is 0 Å². The number of hydrogen-bond donors (Lipinski definition) is 0. The minimum absolute atomic E-state index is 0.370. The fraction of sp³-hybridized carbons (Fsp3) is 0.250. The molecule has 0 unspecified atom stereocenters. The van der Waals surface area contributed by atoms with E-state index in [0.717, 1.165) is 48.5 Å². The van der Waals surface area contributed by atoms with E-state index in [-0.39, 0.29) is 0 Å². The third-order valence-electron chi connectivity index (χ3n) is 7.04. The number of unbranched alkanes of at least 4 members (excludes halogenated alkanes) is 1. The van der Waals surface area contributed by atoms with Gasteiger partial charge in [-0.15, -0.1) is 0 Å². The van der Waals surface area contributed by atoms with Crippen molar-refractivity contribution < 1.29 is 52.7 Å². The molecule has 0 aliphatic heterocycles. The van der Waals surface area contributed by atoms with Crippen molar-refractivity contribution in [3.63, 3.8) is 0 Å². The first-order chi connectivity index (χ1) is 21.3. The zero-order chi connectivity index (χ0) is 33.9. The molecule has 4 aromatic carbocycles. The first-order valence-corrected chi connectivity index (χ1v) is 16.6. The number of alkyl halides is 12. The van der Waals surface area contributed by atoms with E-state index in [0.29, 0.717) is 46.4 Å². The topological polar surface area (TPSA) is 0 Å². The van der Waals surface area contributed by atoms with E-state index < -0.39 is 62.8 Å². The Balaban J connectivity index is 1.58. The number of benzene rings is 4. The maximum atomic E-state index is 13.2. The van der Waals surface area contributed by atoms with E-state index in [9.17, 15) is 52.7 Å². The normalized spacial score (nSPS) is 13.1. The van der Waals surface area contributed by atoms with Gasteiger partial charge in [-0.2, -0.15) is 52.7 Å². The number of halogens is 12. The number of hydrogen-bond acceptors (Lipinski definition) is 0. The second-order valence-corrected chi connectivity index (χ2v) is 14.9. The highest BCUT2D eigenvalue weighted by Crippen LogP contribution is 2.41. The fourth-order valence-corrected chi connectivity index (χ4v) is 9.42. The molecule has 0 N–H and O–H groups in total. The molecule has 0 spiro atoms. The van der Waals surface area contributed by atoms with Gasteiger partial charge in [0, 0.05) is 0 Å². The Morgan fingerprint density at radius 1 is 0.304 bits per heavy atom. The average Bonchev–Trinajstić information content (AvgIpc) is 2.98. The predicted molar refractivity (Wildman–Crippen MR) is 157 cm³/mol. The van der Waals surface area contributed by atoms with Gasteiger partial charge in [0.1, 0.15) is 0 Å². The smallest absolute Gasteiger partial charge is 0.166 e. The molecule has 4 rings (SSSR count). The first-order valence-electron chi connectivity index (χ1n) is 13.6. The molecule has 4 aromatic rings. The van der Waals surface area contributed by atoms with Crippen molar-refractivity contribution in [1.29, 1.82) is 0 Å². The Morgan fingerprint density at radius 3 is 0.630 bits per heavy atom. The molecule has 0 heterocycles. The largest absolute Gasteiger partial charge is 0.416 e. The van der Waals surface area contributed by atoms with Crippen LogP contribution in [0.4, 0.5) is 52.7 Å². The molecule has 0 fully saturated rings. The summed E-state index contributed by atoms with van der Waals surface area (Å²) < 4.78 is 158. The van der Waals surface area contributed by atoms with Gasteiger partial charge in [-0.05, 0) is 111 Å². The second-order valence-electron chi connectivity index (χ2n) is 10.2. The first kappa shape index (κ1) is 35.7. The van der Waals surface area contributed by atoms with E-state index >= 15 is 0 Å². The molecule has 0 aromatic heterocycles. The SMILES string of the molecule is FC(F)(F)c1ccc(P(CCCCP(c2ccc(C(F)(F)F)cc2)c2ccc(C(F)(F)F)cc2)c2ccc(C(F)(F)F)cc2)cc1. The molecule has 0 aliphatic rings. The summed E-state index contributed by atoms with van der Waals surface area (Å²) in [5.41, 5.74) is -3.51. The Bertz CT molecular complexity index is 1320. The van der Waals surface area contributed by atoms with Crippen molar-refractivity contribution in [3.8, 4) is 0 Å². The monoisotopic (exact) mass is 698 g/mol. The standard InChI is InChI=1S/C32H24F12P2/c33-29(34,35)21-3-11-25(12-4-21)45(26-13-5-22(6-14-26)30(36,37)38)19-1-2-20-46(27-15-7-23(8-16-27)31(39,40)41)28-17-9-24(10-18-28)32(42,43)44/h3-18H,1-2,19-20H2. The molecular formula is C32H24F12P2. The lowest BCUT2D eigenvalue weighted by Crippen LogP contribution is -2.18. The predicted octanol–water partition coefficient (Wildman–Crippen LogP) is 10.1. The third kappa shape index (κ3) is 9.25. The fourth-order valence-electron chi connectivity index (χ4n) is 4.68. The molecule has 246 valence electrons. The minimum Gasteiger partial charge on any atom is -0.166 e. The summed E-state index contributed by atoms with van der Waals surface area (Å²) in [6.45, 7) is 0. The van der Waals surface area contributed by atoms with Crippen LogP contribution in [0.3, 0.4) is 0 Å². The molecular weight excluding hydrogens is 674 g/mol. The summed E-state index contributed by atoms with van der Waals surface area (Å²) in [4.78, 5) is 0. The highest BCUT2D eigenvalue weighted by molar-refractivity contribution is 7.73. The molecule has 0 atom stereocenters. The van der Waals surface area contributed by atoms with Crippen molar-refractivity contribution in [3.05, 3.63) is 119 Å². The summed E-state index contributed by atoms with van der Waals surface area (Å²) in [5, 5.41) is 2.04. The Morgan fingerprint density at radius 2 is 0.478 bits per heavy atom. The average molecular weight is 698 g/mol. The van der Waals surface area contributed by atoms with Gasteiger partial charge in [0.2, 0.25) is 0 Å². The maximum absolute atomic E-state index is 13.2. The van der Waals surface area contributed by atoms with Crippen molar-refractivity contribution in [2.45, 2.75) is 37.5 Å². The van der Waals surface area contributed by atoms with Crippen LogP contribution in [0.15, 0.2) is 97.1 Å². The van der Waals surface area contributed by atoms with Gasteiger partial charge in [-0.1, -0.05) is 48.5 Å². The van der Waals surface area contributed by atoms with E-state index in [4.69, 9.17) is 0 Å². The minimum atomic E-state index is -4.58. The Labute approximate surface area is 259 Å². The van der Waals surface area contributed by atoms with Crippen LogP contribution in [0.1, 0.15) is 35.1 Å². The molecule has 46 heavy (non-hydrogen) atoms. The summed E-state index contributed by atoms with van der Waals surface area (Å²) in [5.74, 6) is 0. The third-order valence-corrected chi connectivity index (χ3v) is 12.3. The van der Waals surface area contributed by atoms with Crippen molar-refractivity contribution >= 4 is 37.1 Å². The van der Waals surface area contributed by atoms with Gasteiger partial charge < -0.3 is 0 Å². The molecule has 0 aliphatic carbocycles. The lowest BCUT2D eigenvalue weighted by atomic mass is 10.2. The molecule has 0 bridgehead atoms. The zero-order valence-electron chi connectivity index (χ0n) is 23.5. The second kappa shape index (κ2) is 13.9. The Kier molecular flexibility index (Phi) is 10.8. The van der Waals surface area contributed by atoms with E-state index in [1.54, 1.807) is 0 Å². The molecule has 0 radical (unpaired) electrons. The highest BCUT2D eigenvalue weighted by atomic mass is 31.1. The summed E-state index contributed by atoms with van der Waals surface area (Å²) in [6.07, 6.45) is -16.7. The molecule has 0 nitrogen and oxygen atoms in total. The van der Waals surface area contributed by atoms with Crippen LogP contribution in [0, 0.1) is 0 Å². The highest BCUT2D eigenvalue weighted by Gasteiger charge is 2.33. The van der Waals surface area contributed by atoms with Crippen LogP contribution >= 0.6 is 15.8 Å². The molecule has 0 saturated carbocycles. The van der Waals surface area contributed by atoms with Crippen molar-refractivity contribution in [2.75, 3.05) is 12.3 Å². The van der Waals surface area contributed by atoms with Gasteiger partial charge in [0.25, 0.3) is 0 Å². The quantitative estimate of drug-likeness (QED) is 0.0928. The zero-order valence-corrected chi connectivity index (χ0v) is 25.3. The lowest BCUT2D eigenvalue weighted by molar-refractivity contribution is -0.138. The molecule has 0 saturated heterocycles. The van der Waals surface area contributed by atoms with Gasteiger partial charge >= 0.3 is 24.7 Å².